The topological polar surface area (TPSA) is 88.8 Å². The van der Waals surface area contributed by atoms with Crippen molar-refractivity contribution < 1.29 is 4.79 Å². The number of hydrogen-bond donors (Lipinski definition) is 2. The summed E-state index contributed by atoms with van der Waals surface area (Å²) in [4.78, 5) is 29.3. The standard InChI is InChI=1S/C18H13N3O2/c1-11-2-4-14(17(19)23)9-13(11)5-3-12-8-15-6-7-16(22)21-18(15)20-10-12/h2,4,6-10H,1H3,(H2,19,23)(H,20,21,22). The summed E-state index contributed by atoms with van der Waals surface area (Å²) in [5.74, 6) is 5.57. The monoisotopic (exact) mass is 303 g/mol. The van der Waals surface area contributed by atoms with Crippen molar-refractivity contribution in [1.82, 2.24) is 9.97 Å². The van der Waals surface area contributed by atoms with Gasteiger partial charge in [0.15, 0.2) is 0 Å². The maximum absolute atomic E-state index is 11.2. The van der Waals surface area contributed by atoms with E-state index in [0.29, 0.717) is 16.8 Å². The van der Waals surface area contributed by atoms with E-state index in [1.54, 1.807) is 24.4 Å². The maximum Gasteiger partial charge on any atom is 0.249 e. The average molecular weight is 303 g/mol. The zero-order chi connectivity index (χ0) is 16.4. The molecule has 3 aromatic rings. The summed E-state index contributed by atoms with van der Waals surface area (Å²) in [5, 5.41) is 0.805. The second-order valence-corrected chi connectivity index (χ2v) is 5.13. The van der Waals surface area contributed by atoms with Crippen molar-refractivity contribution in [2.45, 2.75) is 6.92 Å². The Kier molecular flexibility index (Phi) is 3.65. The molecule has 23 heavy (non-hydrogen) atoms. The molecule has 3 N–H and O–H groups in total. The van der Waals surface area contributed by atoms with Gasteiger partial charge in [-0.25, -0.2) is 4.98 Å². The number of fused-ring (bicyclic) bond motifs is 1. The molecule has 1 amide bonds. The lowest BCUT2D eigenvalue weighted by atomic mass is 10.0. The van der Waals surface area contributed by atoms with Crippen LogP contribution in [-0.2, 0) is 0 Å². The number of carbonyl (C=O) groups excluding carboxylic acids is 1. The molecule has 0 bridgehead atoms. The third-order valence-electron chi connectivity index (χ3n) is 3.44. The molecular formula is C18H13N3O2. The molecule has 0 radical (unpaired) electrons. The van der Waals surface area contributed by atoms with Crippen molar-refractivity contribution in [3.05, 3.63) is 75.2 Å². The third kappa shape index (κ3) is 3.11. The number of aromatic nitrogens is 2. The van der Waals surface area contributed by atoms with Crippen LogP contribution in [0.4, 0.5) is 0 Å². The normalized spacial score (nSPS) is 10.1. The van der Waals surface area contributed by atoms with Gasteiger partial charge in [-0.1, -0.05) is 17.9 Å². The first-order valence-corrected chi connectivity index (χ1v) is 6.94. The van der Waals surface area contributed by atoms with E-state index in [-0.39, 0.29) is 5.56 Å². The first kappa shape index (κ1) is 14.5. The highest BCUT2D eigenvalue weighted by molar-refractivity contribution is 5.93. The van der Waals surface area contributed by atoms with Crippen LogP contribution in [0.3, 0.4) is 0 Å². The summed E-state index contributed by atoms with van der Waals surface area (Å²) >= 11 is 0. The number of nitrogens with zero attached hydrogens (tertiary/aromatic N) is 1. The number of hydrogen-bond acceptors (Lipinski definition) is 3. The van der Waals surface area contributed by atoms with E-state index in [9.17, 15) is 9.59 Å². The molecule has 0 atom stereocenters. The van der Waals surface area contributed by atoms with Crippen molar-refractivity contribution in [1.29, 1.82) is 0 Å². The minimum absolute atomic E-state index is 0.192. The Bertz CT molecular complexity index is 1040. The number of primary amides is 1. The van der Waals surface area contributed by atoms with Crippen molar-refractivity contribution in [2.24, 2.45) is 5.73 Å². The molecule has 0 aliphatic carbocycles. The Morgan fingerprint density at radius 3 is 2.78 bits per heavy atom. The molecule has 0 unspecified atom stereocenters. The van der Waals surface area contributed by atoms with Gasteiger partial charge in [0.25, 0.3) is 0 Å². The summed E-state index contributed by atoms with van der Waals surface area (Å²) < 4.78 is 0. The first-order valence-electron chi connectivity index (χ1n) is 6.94. The van der Waals surface area contributed by atoms with Gasteiger partial charge in [-0.15, -0.1) is 0 Å². The van der Waals surface area contributed by atoms with E-state index in [2.05, 4.69) is 21.8 Å². The van der Waals surface area contributed by atoms with Gasteiger partial charge in [0.05, 0.1) is 0 Å². The number of benzene rings is 1. The molecule has 3 rings (SSSR count). The molecule has 0 saturated carbocycles. The zero-order valence-corrected chi connectivity index (χ0v) is 12.4. The van der Waals surface area contributed by atoms with Crippen LogP contribution in [0.25, 0.3) is 11.0 Å². The smallest absolute Gasteiger partial charge is 0.249 e. The third-order valence-corrected chi connectivity index (χ3v) is 3.44. The summed E-state index contributed by atoms with van der Waals surface area (Å²) in [6.45, 7) is 1.91. The Morgan fingerprint density at radius 2 is 2.00 bits per heavy atom. The second-order valence-electron chi connectivity index (χ2n) is 5.13. The van der Waals surface area contributed by atoms with Gasteiger partial charge in [-0.3, -0.25) is 9.59 Å². The lowest BCUT2D eigenvalue weighted by Gasteiger charge is -2.01. The minimum Gasteiger partial charge on any atom is -0.366 e. The van der Waals surface area contributed by atoms with Gasteiger partial charge in [0, 0.05) is 34.3 Å². The highest BCUT2D eigenvalue weighted by Crippen LogP contribution is 2.11. The largest absolute Gasteiger partial charge is 0.366 e. The van der Waals surface area contributed by atoms with Crippen molar-refractivity contribution in [3.63, 3.8) is 0 Å². The van der Waals surface area contributed by atoms with Gasteiger partial charge in [0.2, 0.25) is 11.5 Å². The van der Waals surface area contributed by atoms with Crippen LogP contribution in [0, 0.1) is 18.8 Å². The summed E-state index contributed by atoms with van der Waals surface area (Å²) in [5.41, 5.74) is 8.46. The summed E-state index contributed by atoms with van der Waals surface area (Å²) in [6, 6.07) is 10.2. The quantitative estimate of drug-likeness (QED) is 0.671. The molecule has 0 saturated heterocycles. The van der Waals surface area contributed by atoms with Crippen LogP contribution in [0.1, 0.15) is 27.0 Å². The highest BCUT2D eigenvalue weighted by atomic mass is 16.1. The number of rotatable bonds is 1. The Hall–Kier alpha value is -3.39. The number of carbonyl (C=O) groups is 1. The summed E-state index contributed by atoms with van der Waals surface area (Å²) in [7, 11) is 0. The second kappa shape index (κ2) is 5.78. The predicted molar refractivity (Wildman–Crippen MR) is 88.0 cm³/mol. The molecule has 0 fully saturated rings. The van der Waals surface area contributed by atoms with Crippen LogP contribution in [0.15, 0.2) is 47.4 Å². The zero-order valence-electron chi connectivity index (χ0n) is 12.4. The molecule has 0 aliphatic heterocycles. The van der Waals surface area contributed by atoms with Gasteiger partial charge in [0.1, 0.15) is 5.65 Å². The molecule has 112 valence electrons. The highest BCUT2D eigenvalue weighted by Gasteiger charge is 2.03. The maximum atomic E-state index is 11.2. The molecule has 5 nitrogen and oxygen atoms in total. The van der Waals surface area contributed by atoms with Gasteiger partial charge < -0.3 is 10.7 Å². The number of amides is 1. The van der Waals surface area contributed by atoms with E-state index in [4.69, 9.17) is 5.73 Å². The molecule has 0 aliphatic rings. The van der Waals surface area contributed by atoms with Crippen LogP contribution >= 0.6 is 0 Å². The van der Waals surface area contributed by atoms with Crippen molar-refractivity contribution >= 4 is 16.9 Å². The van der Waals surface area contributed by atoms with E-state index in [1.807, 2.05) is 19.1 Å². The fraction of sp³-hybridized carbons (Fsp3) is 0.0556. The van der Waals surface area contributed by atoms with E-state index >= 15 is 0 Å². The van der Waals surface area contributed by atoms with Gasteiger partial charge in [-0.2, -0.15) is 0 Å². The number of H-pyrrole nitrogens is 1. The van der Waals surface area contributed by atoms with E-state index < -0.39 is 5.91 Å². The fourth-order valence-electron chi connectivity index (χ4n) is 2.15. The lowest BCUT2D eigenvalue weighted by molar-refractivity contribution is 0.100. The molecule has 5 heteroatoms. The number of aromatic amines is 1. The Labute approximate surface area is 132 Å². The van der Waals surface area contributed by atoms with Crippen LogP contribution in [0.2, 0.25) is 0 Å². The van der Waals surface area contributed by atoms with Crippen LogP contribution < -0.4 is 11.3 Å². The molecule has 2 aromatic heterocycles. The van der Waals surface area contributed by atoms with Crippen LogP contribution in [0.5, 0.6) is 0 Å². The predicted octanol–water partition coefficient (Wildman–Crippen LogP) is 1.73. The van der Waals surface area contributed by atoms with Crippen LogP contribution in [-0.4, -0.2) is 15.9 Å². The number of pyridine rings is 2. The van der Waals surface area contributed by atoms with Crippen molar-refractivity contribution in [3.8, 4) is 11.8 Å². The Balaban J connectivity index is 2.01. The first-order chi connectivity index (χ1) is 11.0. The lowest BCUT2D eigenvalue weighted by Crippen LogP contribution is -2.11. The fourth-order valence-corrected chi connectivity index (χ4v) is 2.15. The van der Waals surface area contributed by atoms with E-state index in [1.165, 1.54) is 6.07 Å². The molecule has 1 aromatic carbocycles. The van der Waals surface area contributed by atoms with Gasteiger partial charge in [-0.05, 0) is 36.8 Å². The number of nitrogens with two attached hydrogens (primary N) is 1. The molecular weight excluding hydrogens is 290 g/mol. The number of nitrogens with one attached hydrogen (secondary N) is 1. The van der Waals surface area contributed by atoms with E-state index in [0.717, 1.165) is 16.5 Å². The SMILES string of the molecule is Cc1ccc(C(N)=O)cc1C#Cc1cnc2[nH]c(=O)ccc2c1. The average Bonchev–Trinajstić information content (AvgIpc) is 2.53. The van der Waals surface area contributed by atoms with Crippen molar-refractivity contribution in [2.75, 3.05) is 0 Å². The Morgan fingerprint density at radius 1 is 1.17 bits per heavy atom. The molecule has 2 heterocycles. The van der Waals surface area contributed by atoms with Gasteiger partial charge >= 0.3 is 0 Å². The molecule has 0 spiro atoms. The minimum atomic E-state index is -0.482. The number of aryl methyl sites for hydroxylation is 1. The summed E-state index contributed by atoms with van der Waals surface area (Å²) in [6.07, 6.45) is 1.60.